The second kappa shape index (κ2) is 11.2. The second-order valence-corrected chi connectivity index (χ2v) is 8.65. The van der Waals surface area contributed by atoms with Crippen molar-refractivity contribution in [2.24, 2.45) is 0 Å². The molecule has 0 N–H and O–H groups in total. The molecule has 4 aliphatic heterocycles. The predicted octanol–water partition coefficient (Wildman–Crippen LogP) is 2.17. The van der Waals surface area contributed by atoms with Gasteiger partial charge in [0.15, 0.2) is 0 Å². The van der Waals surface area contributed by atoms with Gasteiger partial charge in [0.2, 0.25) is 0 Å². The lowest BCUT2D eigenvalue weighted by Crippen LogP contribution is -2.34. The first kappa shape index (κ1) is 23.8. The summed E-state index contributed by atoms with van der Waals surface area (Å²) in [5, 5.41) is 0. The summed E-state index contributed by atoms with van der Waals surface area (Å²) >= 11 is 0. The van der Waals surface area contributed by atoms with E-state index >= 15 is 0 Å². The van der Waals surface area contributed by atoms with Crippen molar-refractivity contribution >= 4 is 11.9 Å². The van der Waals surface area contributed by atoms with Crippen molar-refractivity contribution in [3.05, 3.63) is 0 Å². The van der Waals surface area contributed by atoms with Crippen molar-refractivity contribution < 1.29 is 47.5 Å². The third-order valence-corrected chi connectivity index (χ3v) is 5.96. The molecule has 10 heteroatoms. The Kier molecular flexibility index (Phi) is 8.36. The molecule has 0 aromatic carbocycles. The van der Waals surface area contributed by atoms with Gasteiger partial charge in [0.05, 0.1) is 39.3 Å². The lowest BCUT2D eigenvalue weighted by atomic mass is 10.2. The monoisotopic (exact) mass is 458 g/mol. The summed E-state index contributed by atoms with van der Waals surface area (Å²) < 4.78 is 45.0. The molecule has 0 aromatic heterocycles. The Balaban J connectivity index is 1.08. The lowest BCUT2D eigenvalue weighted by Gasteiger charge is -2.25. The Morgan fingerprint density at radius 2 is 1.12 bits per heavy atom. The zero-order valence-electron chi connectivity index (χ0n) is 18.6. The van der Waals surface area contributed by atoms with Crippen LogP contribution in [0.4, 0.5) is 0 Å². The molecule has 4 rings (SSSR count). The summed E-state index contributed by atoms with van der Waals surface area (Å²) in [5.41, 5.74) is 0. The van der Waals surface area contributed by atoms with Crippen LogP contribution >= 0.6 is 0 Å². The standard InChI is InChI=1S/C22H34O10/c23-19(25-13-17-15-29-21(31-17)9-3-1-5-11-27-21)7-8-20(24)26-14-18-16-30-22(32-18)10-4-2-6-12-28-22/h17-18H,1-16H2. The van der Waals surface area contributed by atoms with E-state index < -0.39 is 23.9 Å². The quantitative estimate of drug-likeness (QED) is 0.527. The van der Waals surface area contributed by atoms with Gasteiger partial charge in [-0.15, -0.1) is 0 Å². The summed E-state index contributed by atoms with van der Waals surface area (Å²) in [4.78, 5) is 24.0. The molecule has 2 spiro atoms. The smallest absolute Gasteiger partial charge is 0.306 e. The van der Waals surface area contributed by atoms with Crippen LogP contribution in [0.3, 0.4) is 0 Å². The Morgan fingerprint density at radius 1 is 0.656 bits per heavy atom. The molecule has 0 radical (unpaired) electrons. The first-order chi connectivity index (χ1) is 15.6. The van der Waals surface area contributed by atoms with E-state index in [1.54, 1.807) is 0 Å². The molecule has 4 heterocycles. The van der Waals surface area contributed by atoms with Gasteiger partial charge in [-0.25, -0.2) is 0 Å². The minimum Gasteiger partial charge on any atom is -0.463 e. The maximum atomic E-state index is 12.0. The van der Waals surface area contributed by atoms with Crippen molar-refractivity contribution in [2.45, 2.75) is 88.4 Å². The van der Waals surface area contributed by atoms with E-state index in [-0.39, 0.29) is 38.3 Å². The van der Waals surface area contributed by atoms with Gasteiger partial charge in [0, 0.05) is 12.8 Å². The number of hydrogen-bond donors (Lipinski definition) is 0. The first-order valence-corrected chi connectivity index (χ1v) is 11.8. The van der Waals surface area contributed by atoms with E-state index in [1.165, 1.54) is 0 Å². The Bertz CT molecular complexity index is 568. The molecular weight excluding hydrogens is 424 g/mol. The molecule has 4 atom stereocenters. The molecule has 0 amide bonds. The van der Waals surface area contributed by atoms with Gasteiger partial charge >= 0.3 is 11.9 Å². The van der Waals surface area contributed by atoms with Crippen LogP contribution in [-0.4, -0.2) is 75.7 Å². The summed E-state index contributed by atoms with van der Waals surface area (Å²) in [6.07, 6.45) is 6.55. The maximum absolute atomic E-state index is 12.0. The summed E-state index contributed by atoms with van der Waals surface area (Å²) in [6, 6.07) is 0. The van der Waals surface area contributed by atoms with Gasteiger partial charge in [-0.3, -0.25) is 9.59 Å². The van der Waals surface area contributed by atoms with Gasteiger partial charge in [-0.05, 0) is 25.7 Å². The fourth-order valence-electron chi connectivity index (χ4n) is 4.22. The highest BCUT2D eigenvalue weighted by molar-refractivity contribution is 5.77. The molecule has 182 valence electrons. The number of ether oxygens (including phenoxy) is 8. The molecule has 4 unspecified atom stereocenters. The molecule has 0 bridgehead atoms. The SMILES string of the molecule is O=C(CCC(=O)OCC1COC2(CCCCCO2)O1)OCC1COC2(CCCCCO2)O1. The predicted molar refractivity (Wildman–Crippen MR) is 107 cm³/mol. The number of carbonyl (C=O) groups excluding carboxylic acids is 2. The van der Waals surface area contributed by atoms with Crippen LogP contribution in [-0.2, 0) is 47.5 Å². The zero-order chi connectivity index (χ0) is 22.3. The molecule has 0 saturated carbocycles. The van der Waals surface area contributed by atoms with Crippen molar-refractivity contribution in [1.29, 1.82) is 0 Å². The van der Waals surface area contributed by atoms with Gasteiger partial charge in [0.25, 0.3) is 11.9 Å². The average Bonchev–Trinajstić information content (AvgIpc) is 3.19. The topological polar surface area (TPSA) is 108 Å². The zero-order valence-corrected chi connectivity index (χ0v) is 18.6. The first-order valence-electron chi connectivity index (χ1n) is 11.8. The van der Waals surface area contributed by atoms with E-state index in [1.807, 2.05) is 0 Å². The van der Waals surface area contributed by atoms with E-state index in [2.05, 4.69) is 0 Å². The summed E-state index contributed by atoms with van der Waals surface area (Å²) in [6.45, 7) is 1.94. The van der Waals surface area contributed by atoms with E-state index in [9.17, 15) is 9.59 Å². The van der Waals surface area contributed by atoms with Crippen LogP contribution in [0.25, 0.3) is 0 Å². The van der Waals surface area contributed by atoms with Crippen LogP contribution in [0.1, 0.15) is 64.2 Å². The molecule has 32 heavy (non-hydrogen) atoms. The van der Waals surface area contributed by atoms with Gasteiger partial charge < -0.3 is 37.9 Å². The van der Waals surface area contributed by atoms with E-state index in [0.29, 0.717) is 39.3 Å². The summed E-state index contributed by atoms with van der Waals surface area (Å²) in [5.74, 6) is -2.97. The highest BCUT2D eigenvalue weighted by Gasteiger charge is 2.44. The van der Waals surface area contributed by atoms with Crippen molar-refractivity contribution in [1.82, 2.24) is 0 Å². The van der Waals surface area contributed by atoms with Crippen molar-refractivity contribution in [2.75, 3.05) is 39.6 Å². The molecule has 0 aromatic rings. The number of rotatable bonds is 7. The highest BCUT2D eigenvalue weighted by atomic mass is 16.9. The third kappa shape index (κ3) is 6.61. The lowest BCUT2D eigenvalue weighted by molar-refractivity contribution is -0.338. The minimum atomic E-state index is -0.996. The Labute approximate surface area is 188 Å². The third-order valence-electron chi connectivity index (χ3n) is 5.96. The maximum Gasteiger partial charge on any atom is 0.306 e. The van der Waals surface area contributed by atoms with Crippen LogP contribution in [0.5, 0.6) is 0 Å². The normalized spacial score (nSPS) is 35.5. The van der Waals surface area contributed by atoms with Crippen LogP contribution in [0, 0.1) is 0 Å². The fourth-order valence-corrected chi connectivity index (χ4v) is 4.22. The second-order valence-electron chi connectivity index (χ2n) is 8.65. The molecule has 0 aliphatic carbocycles. The molecule has 4 saturated heterocycles. The van der Waals surface area contributed by atoms with E-state index in [4.69, 9.17) is 37.9 Å². The number of hydrogen-bond acceptors (Lipinski definition) is 10. The van der Waals surface area contributed by atoms with Crippen LogP contribution in [0.2, 0.25) is 0 Å². The highest BCUT2D eigenvalue weighted by Crippen LogP contribution is 2.34. The number of esters is 2. The van der Waals surface area contributed by atoms with Crippen LogP contribution < -0.4 is 0 Å². The fraction of sp³-hybridized carbons (Fsp3) is 0.909. The van der Waals surface area contributed by atoms with Gasteiger partial charge in [-0.2, -0.15) is 0 Å². The molecule has 10 nitrogen and oxygen atoms in total. The van der Waals surface area contributed by atoms with Crippen molar-refractivity contribution in [3.63, 3.8) is 0 Å². The molecular formula is C22H34O10. The molecule has 4 aliphatic rings. The number of carbonyl (C=O) groups is 2. The van der Waals surface area contributed by atoms with E-state index in [0.717, 1.165) is 38.5 Å². The minimum absolute atomic E-state index is 0.0638. The van der Waals surface area contributed by atoms with Gasteiger partial charge in [-0.1, -0.05) is 12.8 Å². The largest absolute Gasteiger partial charge is 0.463 e. The van der Waals surface area contributed by atoms with Crippen LogP contribution in [0.15, 0.2) is 0 Å². The average molecular weight is 459 g/mol. The summed E-state index contributed by atoms with van der Waals surface area (Å²) in [7, 11) is 0. The van der Waals surface area contributed by atoms with Crippen molar-refractivity contribution in [3.8, 4) is 0 Å². The van der Waals surface area contributed by atoms with Gasteiger partial charge in [0.1, 0.15) is 25.4 Å². The molecule has 4 fully saturated rings. The Morgan fingerprint density at radius 3 is 1.59 bits per heavy atom. The Hall–Kier alpha value is -1.30.